The summed E-state index contributed by atoms with van der Waals surface area (Å²) in [7, 11) is 1.61. The Balaban J connectivity index is 2.54. The lowest BCUT2D eigenvalue weighted by Gasteiger charge is -2.37. The zero-order valence-electron chi connectivity index (χ0n) is 14.3. The number of nitrogens with one attached hydrogen (secondary N) is 2. The summed E-state index contributed by atoms with van der Waals surface area (Å²) < 4.78 is 10.9. The number of ether oxygens (including phenoxy) is 2. The Labute approximate surface area is 132 Å². The fraction of sp³-hybridized carbons (Fsp3) is 0.867. The first-order valence-corrected chi connectivity index (χ1v) is 7.74. The van der Waals surface area contributed by atoms with Crippen LogP contribution in [0.2, 0.25) is 0 Å². The van der Waals surface area contributed by atoms with E-state index in [0.29, 0.717) is 26.2 Å². The van der Waals surface area contributed by atoms with Crippen LogP contribution in [-0.2, 0) is 14.3 Å². The van der Waals surface area contributed by atoms with Gasteiger partial charge in [0.15, 0.2) is 0 Å². The van der Waals surface area contributed by atoms with Gasteiger partial charge >= 0.3 is 6.09 Å². The number of hydrogen-bond donors (Lipinski definition) is 2. The van der Waals surface area contributed by atoms with Crippen molar-refractivity contribution in [3.8, 4) is 0 Å². The maximum absolute atomic E-state index is 12.3. The highest BCUT2D eigenvalue weighted by Crippen LogP contribution is 2.17. The van der Waals surface area contributed by atoms with E-state index in [4.69, 9.17) is 9.47 Å². The highest BCUT2D eigenvalue weighted by molar-refractivity contribution is 5.77. The smallest absolute Gasteiger partial charge is 0.410 e. The van der Waals surface area contributed by atoms with Crippen LogP contribution < -0.4 is 10.6 Å². The zero-order valence-corrected chi connectivity index (χ0v) is 14.3. The Morgan fingerprint density at radius 3 is 2.68 bits per heavy atom. The molecule has 0 aliphatic carbocycles. The Morgan fingerprint density at radius 2 is 2.09 bits per heavy atom. The van der Waals surface area contributed by atoms with E-state index in [1.165, 1.54) is 0 Å². The molecule has 7 nitrogen and oxygen atoms in total. The molecule has 1 saturated heterocycles. The predicted octanol–water partition coefficient (Wildman–Crippen LogP) is 0.736. The largest absolute Gasteiger partial charge is 0.444 e. The average molecular weight is 315 g/mol. The van der Waals surface area contributed by atoms with Crippen LogP contribution in [0.25, 0.3) is 0 Å². The molecule has 1 aliphatic rings. The van der Waals surface area contributed by atoms with E-state index in [1.807, 2.05) is 27.7 Å². The van der Waals surface area contributed by atoms with Crippen LogP contribution in [-0.4, -0.2) is 67.9 Å². The van der Waals surface area contributed by atoms with Crippen molar-refractivity contribution in [2.75, 3.05) is 33.4 Å². The number of carbonyl (C=O) groups is 2. The normalized spacial score (nSPS) is 20.4. The van der Waals surface area contributed by atoms with Crippen LogP contribution >= 0.6 is 0 Å². The Bertz CT molecular complexity index is 381. The van der Waals surface area contributed by atoms with Crippen molar-refractivity contribution in [2.24, 2.45) is 0 Å². The van der Waals surface area contributed by atoms with Gasteiger partial charge in [0.25, 0.3) is 0 Å². The molecule has 1 rings (SSSR count). The second-order valence-electron chi connectivity index (χ2n) is 6.59. The lowest BCUT2D eigenvalue weighted by molar-refractivity contribution is -0.119. The van der Waals surface area contributed by atoms with Crippen molar-refractivity contribution >= 4 is 12.0 Å². The molecule has 2 unspecified atom stereocenters. The number of carbonyl (C=O) groups excluding carboxylic acids is 2. The van der Waals surface area contributed by atoms with Crippen LogP contribution in [0, 0.1) is 0 Å². The number of amides is 2. The molecule has 0 radical (unpaired) electrons. The van der Waals surface area contributed by atoms with Gasteiger partial charge in [-0.05, 0) is 34.1 Å². The monoisotopic (exact) mass is 315 g/mol. The van der Waals surface area contributed by atoms with Crippen LogP contribution in [0.1, 0.15) is 34.1 Å². The standard InChI is InChI=1S/C15H29N3O4/c1-11(17-9-13(19)16-5)8-12-10-21-7-6-18(12)14(20)22-15(2,3)4/h11-12,17H,6-10H2,1-5H3,(H,16,19). The van der Waals surface area contributed by atoms with E-state index >= 15 is 0 Å². The van der Waals surface area contributed by atoms with E-state index in [2.05, 4.69) is 10.6 Å². The van der Waals surface area contributed by atoms with Gasteiger partial charge in [0.05, 0.1) is 25.8 Å². The van der Waals surface area contributed by atoms with E-state index in [9.17, 15) is 9.59 Å². The second-order valence-corrected chi connectivity index (χ2v) is 6.59. The maximum Gasteiger partial charge on any atom is 0.410 e. The minimum Gasteiger partial charge on any atom is -0.444 e. The molecule has 22 heavy (non-hydrogen) atoms. The number of nitrogens with zero attached hydrogens (tertiary/aromatic N) is 1. The van der Waals surface area contributed by atoms with Crippen LogP contribution in [0.5, 0.6) is 0 Å². The summed E-state index contributed by atoms with van der Waals surface area (Å²) in [4.78, 5) is 25.3. The van der Waals surface area contributed by atoms with Gasteiger partial charge in [-0.3, -0.25) is 4.79 Å². The molecule has 1 fully saturated rings. The Kier molecular flexibility index (Phi) is 7.09. The summed E-state index contributed by atoms with van der Waals surface area (Å²) >= 11 is 0. The van der Waals surface area contributed by atoms with Crippen molar-refractivity contribution in [2.45, 2.75) is 51.8 Å². The molecule has 2 amide bonds. The fourth-order valence-electron chi connectivity index (χ4n) is 2.26. The number of rotatable bonds is 5. The zero-order chi connectivity index (χ0) is 16.8. The van der Waals surface area contributed by atoms with Crippen molar-refractivity contribution in [3.63, 3.8) is 0 Å². The number of likely N-dealkylation sites (N-methyl/N-ethyl adjacent to an activating group) is 1. The summed E-state index contributed by atoms with van der Waals surface area (Å²) in [6.07, 6.45) is 0.398. The van der Waals surface area contributed by atoms with Gasteiger partial charge in [-0.1, -0.05) is 0 Å². The van der Waals surface area contributed by atoms with Gasteiger partial charge in [0, 0.05) is 19.6 Å². The molecular formula is C15H29N3O4. The summed E-state index contributed by atoms with van der Waals surface area (Å²) in [5, 5.41) is 5.71. The van der Waals surface area contributed by atoms with Crippen molar-refractivity contribution < 1.29 is 19.1 Å². The third-order valence-electron chi connectivity index (χ3n) is 3.37. The summed E-state index contributed by atoms with van der Waals surface area (Å²) in [6.45, 7) is 9.36. The van der Waals surface area contributed by atoms with E-state index < -0.39 is 5.60 Å². The number of hydrogen-bond acceptors (Lipinski definition) is 5. The molecule has 7 heteroatoms. The van der Waals surface area contributed by atoms with Crippen molar-refractivity contribution in [1.82, 2.24) is 15.5 Å². The molecule has 2 atom stereocenters. The van der Waals surface area contributed by atoms with E-state index in [-0.39, 0.29) is 30.6 Å². The van der Waals surface area contributed by atoms with Gasteiger partial charge in [-0.2, -0.15) is 0 Å². The molecule has 0 aromatic rings. The molecule has 2 N–H and O–H groups in total. The SMILES string of the molecule is CNC(=O)CNC(C)CC1COCCN1C(=O)OC(C)(C)C. The molecule has 1 heterocycles. The highest BCUT2D eigenvalue weighted by atomic mass is 16.6. The third kappa shape index (κ3) is 6.62. The van der Waals surface area contributed by atoms with E-state index in [1.54, 1.807) is 11.9 Å². The topological polar surface area (TPSA) is 79.9 Å². The second kappa shape index (κ2) is 8.33. The fourth-order valence-corrected chi connectivity index (χ4v) is 2.26. The first-order chi connectivity index (χ1) is 10.2. The maximum atomic E-state index is 12.3. The number of morpholine rings is 1. The third-order valence-corrected chi connectivity index (χ3v) is 3.37. The lowest BCUT2D eigenvalue weighted by atomic mass is 10.1. The van der Waals surface area contributed by atoms with Crippen molar-refractivity contribution in [1.29, 1.82) is 0 Å². The lowest BCUT2D eigenvalue weighted by Crippen LogP contribution is -2.52. The Morgan fingerprint density at radius 1 is 1.41 bits per heavy atom. The quantitative estimate of drug-likeness (QED) is 0.782. The minimum atomic E-state index is -0.511. The molecule has 0 spiro atoms. The molecular weight excluding hydrogens is 286 g/mol. The molecule has 0 aromatic heterocycles. The first kappa shape index (κ1) is 18.7. The van der Waals surface area contributed by atoms with Gasteiger partial charge in [0.1, 0.15) is 5.60 Å². The molecule has 0 saturated carbocycles. The molecule has 0 bridgehead atoms. The van der Waals surface area contributed by atoms with Gasteiger partial charge in [-0.15, -0.1) is 0 Å². The molecule has 1 aliphatic heterocycles. The molecule has 0 aromatic carbocycles. The summed E-state index contributed by atoms with van der Waals surface area (Å²) in [6, 6.07) is 0.0460. The first-order valence-electron chi connectivity index (χ1n) is 7.74. The van der Waals surface area contributed by atoms with Gasteiger partial charge in [-0.25, -0.2) is 4.79 Å². The highest BCUT2D eigenvalue weighted by Gasteiger charge is 2.31. The van der Waals surface area contributed by atoms with E-state index in [0.717, 1.165) is 0 Å². The van der Waals surface area contributed by atoms with Crippen LogP contribution in [0.4, 0.5) is 4.79 Å². The average Bonchev–Trinajstić information content (AvgIpc) is 2.43. The minimum absolute atomic E-state index is 0.0456. The van der Waals surface area contributed by atoms with Crippen molar-refractivity contribution in [3.05, 3.63) is 0 Å². The summed E-state index contributed by atoms with van der Waals surface area (Å²) in [5.74, 6) is -0.0595. The van der Waals surface area contributed by atoms with Crippen LogP contribution in [0.15, 0.2) is 0 Å². The van der Waals surface area contributed by atoms with Gasteiger partial charge < -0.3 is 25.0 Å². The van der Waals surface area contributed by atoms with Gasteiger partial charge in [0.2, 0.25) is 5.91 Å². The van der Waals surface area contributed by atoms with Crippen LogP contribution in [0.3, 0.4) is 0 Å². The Hall–Kier alpha value is -1.34. The molecule has 128 valence electrons. The summed E-state index contributed by atoms with van der Waals surface area (Å²) in [5.41, 5.74) is -0.511. The predicted molar refractivity (Wildman–Crippen MR) is 83.7 cm³/mol.